The van der Waals surface area contributed by atoms with E-state index in [4.69, 9.17) is 4.42 Å². The van der Waals surface area contributed by atoms with E-state index in [2.05, 4.69) is 17.4 Å². The minimum atomic E-state index is -1.34. The summed E-state index contributed by atoms with van der Waals surface area (Å²) in [6.45, 7) is 0.0885. The second-order valence-corrected chi connectivity index (χ2v) is 6.88. The second kappa shape index (κ2) is 8.14. The summed E-state index contributed by atoms with van der Waals surface area (Å²) in [4.78, 5) is 12.9. The van der Waals surface area contributed by atoms with E-state index in [1.165, 1.54) is 23.2 Å². The molecule has 0 radical (unpaired) electrons. The Kier molecular flexibility index (Phi) is 5.68. The number of thiophene rings is 1. The van der Waals surface area contributed by atoms with Gasteiger partial charge in [-0.05, 0) is 42.0 Å². The largest absolute Gasteiger partial charge is 0.466 e. The van der Waals surface area contributed by atoms with E-state index in [0.717, 1.165) is 17.7 Å². The molecule has 25 heavy (non-hydrogen) atoms. The fourth-order valence-corrected chi connectivity index (χ4v) is 3.56. The van der Waals surface area contributed by atoms with Crippen LogP contribution < -0.4 is 5.32 Å². The molecule has 0 aliphatic heterocycles. The zero-order chi connectivity index (χ0) is 17.5. The highest BCUT2D eigenvalue weighted by Gasteiger charge is 2.35. The van der Waals surface area contributed by atoms with Crippen LogP contribution in [-0.4, -0.2) is 17.6 Å². The third-order valence-corrected chi connectivity index (χ3v) is 5.13. The van der Waals surface area contributed by atoms with Crippen LogP contribution in [0.2, 0.25) is 0 Å². The van der Waals surface area contributed by atoms with Crippen LogP contribution in [-0.2, 0) is 16.8 Å². The lowest BCUT2D eigenvalue weighted by Crippen LogP contribution is -2.40. The molecule has 1 unspecified atom stereocenters. The number of amides is 1. The zero-order valence-corrected chi connectivity index (χ0v) is 14.7. The maximum Gasteiger partial charge on any atom is 0.220 e. The van der Waals surface area contributed by atoms with E-state index in [1.807, 2.05) is 35.7 Å². The number of hydrogen-bond donors (Lipinski definition) is 2. The van der Waals surface area contributed by atoms with Gasteiger partial charge in [0.1, 0.15) is 5.76 Å². The molecule has 1 atom stereocenters. The van der Waals surface area contributed by atoms with Crippen LogP contribution in [0.25, 0.3) is 0 Å². The fourth-order valence-electron chi connectivity index (χ4n) is 2.74. The molecular formula is C20H21NO3S. The molecular weight excluding hydrogens is 334 g/mol. The molecule has 5 heteroatoms. The van der Waals surface area contributed by atoms with Gasteiger partial charge in [-0.3, -0.25) is 4.79 Å². The highest BCUT2D eigenvalue weighted by molar-refractivity contribution is 7.10. The molecule has 0 bridgehead atoms. The molecule has 2 aromatic heterocycles. The number of carbonyl (C=O) groups is 1. The van der Waals surface area contributed by atoms with E-state index >= 15 is 0 Å². The molecule has 0 fully saturated rings. The molecule has 1 aromatic carbocycles. The average molecular weight is 355 g/mol. The summed E-state index contributed by atoms with van der Waals surface area (Å²) in [5, 5.41) is 15.8. The first-order valence-electron chi connectivity index (χ1n) is 8.29. The van der Waals surface area contributed by atoms with Crippen molar-refractivity contribution in [3.8, 4) is 0 Å². The molecule has 3 aromatic rings. The van der Waals surface area contributed by atoms with Crippen LogP contribution in [0, 0.1) is 0 Å². The first kappa shape index (κ1) is 17.5. The average Bonchev–Trinajstić information content (AvgIpc) is 3.34. The van der Waals surface area contributed by atoms with Gasteiger partial charge in [-0.15, -0.1) is 11.3 Å². The van der Waals surface area contributed by atoms with Crippen molar-refractivity contribution in [2.75, 3.05) is 6.54 Å². The topological polar surface area (TPSA) is 62.5 Å². The summed E-state index contributed by atoms with van der Waals surface area (Å²) in [6.07, 6.45) is 3.58. The molecule has 0 saturated carbocycles. The summed E-state index contributed by atoms with van der Waals surface area (Å²) in [6, 6.07) is 17.3. The number of rotatable bonds is 8. The quantitative estimate of drug-likeness (QED) is 0.647. The van der Waals surface area contributed by atoms with Crippen molar-refractivity contribution in [3.63, 3.8) is 0 Å². The molecule has 0 saturated heterocycles. The number of aryl methyl sites for hydroxylation is 1. The van der Waals surface area contributed by atoms with Gasteiger partial charge in [-0.25, -0.2) is 0 Å². The molecule has 0 spiro atoms. The first-order chi connectivity index (χ1) is 12.2. The monoisotopic (exact) mass is 355 g/mol. The van der Waals surface area contributed by atoms with Crippen molar-refractivity contribution in [2.24, 2.45) is 0 Å². The van der Waals surface area contributed by atoms with E-state index in [0.29, 0.717) is 12.2 Å². The lowest BCUT2D eigenvalue weighted by Gasteiger charge is -2.25. The van der Waals surface area contributed by atoms with Gasteiger partial charge in [0.05, 0.1) is 12.8 Å². The Morgan fingerprint density at radius 2 is 1.96 bits per heavy atom. The van der Waals surface area contributed by atoms with Gasteiger partial charge in [0.25, 0.3) is 0 Å². The van der Waals surface area contributed by atoms with Crippen LogP contribution in [0.4, 0.5) is 0 Å². The zero-order valence-electron chi connectivity index (χ0n) is 13.9. The second-order valence-electron chi connectivity index (χ2n) is 5.93. The predicted octanol–water partition coefficient (Wildman–Crippen LogP) is 3.72. The molecule has 2 heterocycles. The van der Waals surface area contributed by atoms with Gasteiger partial charge in [-0.2, -0.15) is 0 Å². The van der Waals surface area contributed by atoms with Crippen molar-refractivity contribution in [1.29, 1.82) is 0 Å². The number of benzene rings is 1. The molecule has 0 aliphatic carbocycles. The Bertz CT molecular complexity index is 732. The minimum Gasteiger partial charge on any atom is -0.466 e. The maximum atomic E-state index is 12.2. The van der Waals surface area contributed by atoms with E-state index in [-0.39, 0.29) is 12.5 Å². The van der Waals surface area contributed by atoms with Gasteiger partial charge in [0.15, 0.2) is 5.60 Å². The van der Waals surface area contributed by atoms with Gasteiger partial charge >= 0.3 is 0 Å². The van der Waals surface area contributed by atoms with Crippen LogP contribution in [0.1, 0.15) is 29.0 Å². The maximum absolute atomic E-state index is 12.2. The lowest BCUT2D eigenvalue weighted by atomic mass is 9.98. The number of carbonyl (C=O) groups excluding carboxylic acids is 1. The first-order valence-corrected chi connectivity index (χ1v) is 9.17. The number of hydrogen-bond acceptors (Lipinski definition) is 4. The molecule has 3 rings (SSSR count). The Morgan fingerprint density at radius 1 is 1.12 bits per heavy atom. The van der Waals surface area contributed by atoms with Crippen molar-refractivity contribution in [2.45, 2.75) is 24.9 Å². The molecule has 130 valence electrons. The van der Waals surface area contributed by atoms with Gasteiger partial charge in [0, 0.05) is 11.3 Å². The van der Waals surface area contributed by atoms with Crippen LogP contribution in [0.15, 0.2) is 70.7 Å². The highest BCUT2D eigenvalue weighted by Crippen LogP contribution is 2.32. The van der Waals surface area contributed by atoms with E-state index in [9.17, 15) is 9.90 Å². The van der Waals surface area contributed by atoms with Crippen molar-refractivity contribution >= 4 is 17.2 Å². The number of furan rings is 1. The summed E-state index contributed by atoms with van der Waals surface area (Å²) < 4.78 is 5.40. The Labute approximate surface area is 151 Å². The Hall–Kier alpha value is -2.37. The third kappa shape index (κ3) is 4.38. The fraction of sp³-hybridized carbons (Fsp3) is 0.250. The summed E-state index contributed by atoms with van der Waals surface area (Å²) in [5.74, 6) is 0.358. The Morgan fingerprint density at radius 3 is 2.64 bits per heavy atom. The smallest absolute Gasteiger partial charge is 0.220 e. The minimum absolute atomic E-state index is 0.0718. The molecule has 2 N–H and O–H groups in total. The highest BCUT2D eigenvalue weighted by atomic mass is 32.1. The van der Waals surface area contributed by atoms with Gasteiger partial charge in [-0.1, -0.05) is 36.4 Å². The standard InChI is InChI=1S/C20H21NO3S/c22-19(12-4-9-16-7-2-1-3-8-16)21-15-20(23,17-10-5-13-24-17)18-11-6-14-25-18/h1-3,5-8,10-11,13-14,23H,4,9,12,15H2,(H,21,22). The van der Waals surface area contributed by atoms with Crippen LogP contribution >= 0.6 is 11.3 Å². The number of aliphatic hydroxyl groups is 1. The van der Waals surface area contributed by atoms with Gasteiger partial charge in [0.2, 0.25) is 5.91 Å². The van der Waals surface area contributed by atoms with Crippen molar-refractivity contribution < 1.29 is 14.3 Å². The molecule has 1 amide bonds. The summed E-state index contributed by atoms with van der Waals surface area (Å²) >= 11 is 1.43. The molecule has 0 aliphatic rings. The van der Waals surface area contributed by atoms with Gasteiger partial charge < -0.3 is 14.8 Å². The SMILES string of the molecule is O=C(CCCc1ccccc1)NCC(O)(c1ccco1)c1cccs1. The lowest BCUT2D eigenvalue weighted by molar-refractivity contribution is -0.122. The van der Waals surface area contributed by atoms with Crippen molar-refractivity contribution in [1.82, 2.24) is 5.32 Å². The summed E-state index contributed by atoms with van der Waals surface area (Å²) in [7, 11) is 0. The van der Waals surface area contributed by atoms with Crippen LogP contribution in [0.5, 0.6) is 0 Å². The van der Waals surface area contributed by atoms with Crippen molar-refractivity contribution in [3.05, 3.63) is 82.4 Å². The summed E-state index contributed by atoms with van der Waals surface area (Å²) in [5.41, 5.74) is -0.117. The molecule has 4 nitrogen and oxygen atoms in total. The van der Waals surface area contributed by atoms with Crippen LogP contribution in [0.3, 0.4) is 0 Å². The number of nitrogens with one attached hydrogen (secondary N) is 1. The van der Waals surface area contributed by atoms with E-state index in [1.54, 1.807) is 12.1 Å². The predicted molar refractivity (Wildman–Crippen MR) is 98.4 cm³/mol. The third-order valence-electron chi connectivity index (χ3n) is 4.11. The normalized spacial score (nSPS) is 13.3. The van der Waals surface area contributed by atoms with E-state index < -0.39 is 5.60 Å². The Balaban J connectivity index is 1.55.